The summed E-state index contributed by atoms with van der Waals surface area (Å²) in [4.78, 5) is 50.4. The average Bonchev–Trinajstić information content (AvgIpc) is 3.08. The molecule has 1 aromatic carbocycles. The highest BCUT2D eigenvalue weighted by Gasteiger charge is 2.45. The van der Waals surface area contributed by atoms with Crippen molar-refractivity contribution in [3.8, 4) is 0 Å². The van der Waals surface area contributed by atoms with Gasteiger partial charge in [-0.25, -0.2) is 9.69 Å². The van der Waals surface area contributed by atoms with Crippen LogP contribution in [0.1, 0.15) is 41.8 Å². The van der Waals surface area contributed by atoms with Crippen molar-refractivity contribution in [3.05, 3.63) is 34.9 Å². The zero-order valence-corrected chi connectivity index (χ0v) is 13.9. The minimum absolute atomic E-state index is 0.0538. The van der Waals surface area contributed by atoms with Crippen molar-refractivity contribution in [2.45, 2.75) is 33.1 Å². The molecule has 0 unspecified atom stereocenters. The summed E-state index contributed by atoms with van der Waals surface area (Å²) in [6.45, 7) is 3.48. The van der Waals surface area contributed by atoms with E-state index >= 15 is 0 Å². The first-order chi connectivity index (χ1) is 11.4. The molecule has 2 aliphatic rings. The summed E-state index contributed by atoms with van der Waals surface area (Å²) >= 11 is 0. The van der Waals surface area contributed by atoms with E-state index in [4.69, 9.17) is 0 Å². The van der Waals surface area contributed by atoms with Crippen LogP contribution in [-0.2, 0) is 22.4 Å². The van der Waals surface area contributed by atoms with E-state index in [0.717, 1.165) is 34.6 Å². The number of nitrogens with zero attached hydrogens (tertiary/aromatic N) is 2. The first kappa shape index (κ1) is 16.4. The van der Waals surface area contributed by atoms with Crippen LogP contribution in [0.25, 0.3) is 0 Å². The van der Waals surface area contributed by atoms with Crippen molar-refractivity contribution in [2.24, 2.45) is 5.92 Å². The molecule has 1 fully saturated rings. The van der Waals surface area contributed by atoms with Gasteiger partial charge in [0.15, 0.2) is 5.78 Å². The molecule has 1 aliphatic heterocycles. The molecule has 0 saturated carbocycles. The fourth-order valence-electron chi connectivity index (χ4n) is 3.20. The Hall–Kier alpha value is -2.50. The van der Waals surface area contributed by atoms with Gasteiger partial charge in [0.25, 0.3) is 0 Å². The van der Waals surface area contributed by atoms with Crippen molar-refractivity contribution in [3.63, 3.8) is 0 Å². The lowest BCUT2D eigenvalue weighted by molar-refractivity contribution is -0.143. The summed E-state index contributed by atoms with van der Waals surface area (Å²) in [5.74, 6) is -2.05. The van der Waals surface area contributed by atoms with Crippen LogP contribution in [0.4, 0.5) is 4.79 Å². The van der Waals surface area contributed by atoms with E-state index in [-0.39, 0.29) is 18.2 Å². The molecule has 1 saturated heterocycles. The Bertz CT molecular complexity index is 739. The van der Waals surface area contributed by atoms with Crippen molar-refractivity contribution < 1.29 is 19.2 Å². The highest BCUT2D eigenvalue weighted by Crippen LogP contribution is 2.23. The molecule has 0 bridgehead atoms. The minimum atomic E-state index is -0.921. The SMILES string of the molecule is CC(C)CN1C(=O)C(=O)N(CC(=O)c2ccc3c(c2)CCC3)C1=O. The van der Waals surface area contributed by atoms with Gasteiger partial charge in [0.2, 0.25) is 0 Å². The molecular formula is C18H20N2O4. The molecule has 1 aromatic rings. The molecule has 1 aliphatic carbocycles. The van der Waals surface area contributed by atoms with Gasteiger partial charge in [-0.2, -0.15) is 0 Å². The van der Waals surface area contributed by atoms with E-state index in [1.807, 2.05) is 26.0 Å². The summed E-state index contributed by atoms with van der Waals surface area (Å²) in [5, 5.41) is 0. The Morgan fingerprint density at radius 3 is 2.42 bits per heavy atom. The highest BCUT2D eigenvalue weighted by molar-refractivity contribution is 6.45. The number of fused-ring (bicyclic) bond motifs is 1. The first-order valence-corrected chi connectivity index (χ1v) is 8.21. The molecular weight excluding hydrogens is 308 g/mol. The van der Waals surface area contributed by atoms with Gasteiger partial charge < -0.3 is 0 Å². The summed E-state index contributed by atoms with van der Waals surface area (Å²) in [6, 6.07) is 4.79. The normalized spacial score (nSPS) is 17.2. The number of hydrogen-bond donors (Lipinski definition) is 0. The van der Waals surface area contributed by atoms with Gasteiger partial charge in [0, 0.05) is 12.1 Å². The molecule has 0 N–H and O–H groups in total. The van der Waals surface area contributed by atoms with Gasteiger partial charge in [-0.05, 0) is 42.4 Å². The summed E-state index contributed by atoms with van der Waals surface area (Å²) in [7, 11) is 0. The first-order valence-electron chi connectivity index (χ1n) is 8.21. The number of benzene rings is 1. The zero-order chi connectivity index (χ0) is 17.4. The number of Topliss-reactive ketones (excluding diaryl/α,β-unsaturated/α-hetero) is 1. The summed E-state index contributed by atoms with van der Waals surface area (Å²) in [6.07, 6.45) is 3.04. The quantitative estimate of drug-likeness (QED) is 0.469. The molecule has 0 aromatic heterocycles. The van der Waals surface area contributed by atoms with Gasteiger partial charge >= 0.3 is 17.8 Å². The number of aryl methyl sites for hydroxylation is 2. The number of rotatable bonds is 5. The smallest absolute Gasteiger partial charge is 0.292 e. The number of ketones is 1. The molecule has 4 amide bonds. The number of hydrogen-bond acceptors (Lipinski definition) is 4. The van der Waals surface area contributed by atoms with Crippen molar-refractivity contribution in [1.29, 1.82) is 0 Å². The fourth-order valence-corrected chi connectivity index (χ4v) is 3.20. The molecule has 0 spiro atoms. The number of carbonyl (C=O) groups is 4. The van der Waals surface area contributed by atoms with Crippen LogP contribution in [0, 0.1) is 5.92 Å². The predicted molar refractivity (Wildman–Crippen MR) is 86.5 cm³/mol. The summed E-state index contributed by atoms with van der Waals surface area (Å²) < 4.78 is 0. The van der Waals surface area contributed by atoms with Crippen LogP contribution in [0.2, 0.25) is 0 Å². The number of imide groups is 2. The third-order valence-electron chi connectivity index (χ3n) is 4.40. The van der Waals surface area contributed by atoms with Crippen LogP contribution in [0.15, 0.2) is 18.2 Å². The van der Waals surface area contributed by atoms with E-state index in [9.17, 15) is 19.2 Å². The van der Waals surface area contributed by atoms with Crippen LogP contribution in [-0.4, -0.2) is 46.5 Å². The van der Waals surface area contributed by atoms with Crippen molar-refractivity contribution in [1.82, 2.24) is 9.80 Å². The van der Waals surface area contributed by atoms with Gasteiger partial charge in [0.05, 0.1) is 6.54 Å². The molecule has 24 heavy (non-hydrogen) atoms. The second-order valence-electron chi connectivity index (χ2n) is 6.74. The Kier molecular flexibility index (Phi) is 4.22. The Labute approximate surface area is 140 Å². The molecule has 3 rings (SSSR count). The third-order valence-corrected chi connectivity index (χ3v) is 4.40. The molecule has 1 heterocycles. The number of amides is 4. The van der Waals surface area contributed by atoms with E-state index < -0.39 is 24.4 Å². The molecule has 6 nitrogen and oxygen atoms in total. The van der Waals surface area contributed by atoms with E-state index in [1.54, 1.807) is 6.07 Å². The fraction of sp³-hybridized carbons (Fsp3) is 0.444. The second-order valence-corrected chi connectivity index (χ2v) is 6.74. The lowest BCUT2D eigenvalue weighted by atomic mass is 10.0. The maximum absolute atomic E-state index is 12.5. The zero-order valence-electron chi connectivity index (χ0n) is 13.9. The molecule has 6 heteroatoms. The van der Waals surface area contributed by atoms with E-state index in [0.29, 0.717) is 5.56 Å². The van der Waals surface area contributed by atoms with E-state index in [2.05, 4.69) is 0 Å². The second kappa shape index (κ2) is 6.19. The highest BCUT2D eigenvalue weighted by atomic mass is 16.2. The molecule has 0 atom stereocenters. The Balaban J connectivity index is 1.75. The van der Waals surface area contributed by atoms with Gasteiger partial charge in [-0.3, -0.25) is 19.3 Å². The van der Waals surface area contributed by atoms with E-state index in [1.165, 1.54) is 5.56 Å². The maximum atomic E-state index is 12.5. The largest absolute Gasteiger partial charge is 0.334 e. The van der Waals surface area contributed by atoms with Crippen LogP contribution in [0.3, 0.4) is 0 Å². The van der Waals surface area contributed by atoms with Crippen molar-refractivity contribution in [2.75, 3.05) is 13.1 Å². The molecule has 126 valence electrons. The molecule has 0 radical (unpaired) electrons. The lowest BCUT2D eigenvalue weighted by Crippen LogP contribution is -2.38. The van der Waals surface area contributed by atoms with Crippen LogP contribution >= 0.6 is 0 Å². The third kappa shape index (κ3) is 2.84. The van der Waals surface area contributed by atoms with Gasteiger partial charge in [-0.15, -0.1) is 0 Å². The standard InChI is InChI=1S/C18H20N2O4/c1-11(2)9-19-16(22)17(23)20(18(19)24)10-15(21)14-7-6-12-4-3-5-13(12)8-14/h6-8,11H,3-5,9-10H2,1-2H3. The Morgan fingerprint density at radius 2 is 1.71 bits per heavy atom. The topological polar surface area (TPSA) is 74.8 Å². The predicted octanol–water partition coefficient (Wildman–Crippen LogP) is 1.80. The number of urea groups is 1. The van der Waals surface area contributed by atoms with Crippen LogP contribution < -0.4 is 0 Å². The maximum Gasteiger partial charge on any atom is 0.334 e. The van der Waals surface area contributed by atoms with Gasteiger partial charge in [0.1, 0.15) is 0 Å². The Morgan fingerprint density at radius 1 is 1.04 bits per heavy atom. The van der Waals surface area contributed by atoms with Crippen molar-refractivity contribution >= 4 is 23.6 Å². The number of carbonyl (C=O) groups excluding carboxylic acids is 4. The summed E-state index contributed by atoms with van der Waals surface area (Å²) in [5.41, 5.74) is 2.88. The monoisotopic (exact) mass is 328 g/mol. The van der Waals surface area contributed by atoms with Crippen LogP contribution in [0.5, 0.6) is 0 Å². The minimum Gasteiger partial charge on any atom is -0.292 e. The van der Waals surface area contributed by atoms with Gasteiger partial charge in [-0.1, -0.05) is 26.0 Å². The lowest BCUT2D eigenvalue weighted by Gasteiger charge is -2.16. The average molecular weight is 328 g/mol.